The second kappa shape index (κ2) is 7.62. The van der Waals surface area contributed by atoms with Gasteiger partial charge in [0.2, 0.25) is 5.91 Å². The molecule has 0 heterocycles. The number of benzene rings is 1. The van der Waals surface area contributed by atoms with E-state index < -0.39 is 0 Å². The van der Waals surface area contributed by atoms with Gasteiger partial charge in [0, 0.05) is 18.1 Å². The summed E-state index contributed by atoms with van der Waals surface area (Å²) in [4.78, 5) is 22.7. The lowest BCUT2D eigenvalue weighted by Gasteiger charge is -2.07. The van der Waals surface area contributed by atoms with E-state index in [1.54, 1.807) is 12.1 Å². The number of rotatable bonds is 5. The molecular formula is C12H11Cl2N3O2. The Bertz CT molecular complexity index is 526. The van der Waals surface area contributed by atoms with Gasteiger partial charge < -0.3 is 10.6 Å². The second-order valence-corrected chi connectivity index (χ2v) is 4.41. The molecule has 0 bridgehead atoms. The Morgan fingerprint density at radius 2 is 1.89 bits per heavy atom. The Hall–Kier alpha value is -1.77. The molecule has 0 spiro atoms. The lowest BCUT2D eigenvalue weighted by atomic mass is 10.2. The minimum Gasteiger partial charge on any atom is -0.353 e. The van der Waals surface area contributed by atoms with Crippen LogP contribution in [0.25, 0.3) is 0 Å². The number of hydrogen-bond donors (Lipinski definition) is 2. The average molecular weight is 300 g/mol. The van der Waals surface area contributed by atoms with Gasteiger partial charge in [0.25, 0.3) is 5.91 Å². The van der Waals surface area contributed by atoms with Crippen molar-refractivity contribution in [3.05, 3.63) is 33.8 Å². The summed E-state index contributed by atoms with van der Waals surface area (Å²) >= 11 is 11.6. The van der Waals surface area contributed by atoms with E-state index in [4.69, 9.17) is 28.5 Å². The Labute approximate surface area is 120 Å². The number of nitriles is 1. The molecule has 2 N–H and O–H groups in total. The van der Waals surface area contributed by atoms with Gasteiger partial charge in [0.05, 0.1) is 16.7 Å². The summed E-state index contributed by atoms with van der Waals surface area (Å²) < 4.78 is 0. The van der Waals surface area contributed by atoms with Crippen LogP contribution in [0.4, 0.5) is 0 Å². The molecule has 1 aromatic carbocycles. The predicted octanol–water partition coefficient (Wildman–Crippen LogP) is 1.75. The molecule has 0 aromatic heterocycles. The molecule has 1 aromatic rings. The van der Waals surface area contributed by atoms with Gasteiger partial charge in [-0.2, -0.15) is 5.26 Å². The molecule has 100 valence electrons. The summed E-state index contributed by atoms with van der Waals surface area (Å²) in [6.45, 7) is 0.475. The number of halogens is 2. The summed E-state index contributed by atoms with van der Waals surface area (Å²) in [6, 6.07) is 6.31. The Balaban J connectivity index is 2.42. The SMILES string of the molecule is N#CCC(=O)NCCNC(=O)c1cc(Cl)ccc1Cl. The van der Waals surface area contributed by atoms with Crippen LogP contribution in [0.3, 0.4) is 0 Å². The predicted molar refractivity (Wildman–Crippen MR) is 72.0 cm³/mol. The summed E-state index contributed by atoms with van der Waals surface area (Å²) in [5, 5.41) is 14.1. The molecule has 0 atom stereocenters. The molecule has 0 saturated heterocycles. The van der Waals surface area contributed by atoms with E-state index >= 15 is 0 Å². The van der Waals surface area contributed by atoms with E-state index in [1.807, 2.05) is 0 Å². The Morgan fingerprint density at radius 1 is 1.21 bits per heavy atom. The standard InChI is InChI=1S/C12H11Cl2N3O2/c13-8-1-2-10(14)9(7-8)12(19)17-6-5-16-11(18)3-4-15/h1-2,7H,3,5-6H2,(H,16,18)(H,17,19). The molecule has 0 aliphatic heterocycles. The molecular weight excluding hydrogens is 289 g/mol. The minimum atomic E-state index is -0.377. The van der Waals surface area contributed by atoms with Gasteiger partial charge in [-0.1, -0.05) is 23.2 Å². The van der Waals surface area contributed by atoms with Crippen molar-refractivity contribution in [1.82, 2.24) is 10.6 Å². The fourth-order valence-electron chi connectivity index (χ4n) is 1.28. The van der Waals surface area contributed by atoms with Crippen molar-refractivity contribution in [3.63, 3.8) is 0 Å². The number of nitrogens with one attached hydrogen (secondary N) is 2. The highest BCUT2D eigenvalue weighted by molar-refractivity contribution is 6.35. The van der Waals surface area contributed by atoms with Gasteiger partial charge in [-0.05, 0) is 18.2 Å². The van der Waals surface area contributed by atoms with E-state index in [1.165, 1.54) is 12.1 Å². The zero-order valence-electron chi connectivity index (χ0n) is 9.87. The third-order valence-corrected chi connectivity index (χ3v) is 2.71. The van der Waals surface area contributed by atoms with Crippen LogP contribution in [0.2, 0.25) is 10.0 Å². The average Bonchev–Trinajstić information content (AvgIpc) is 2.37. The first-order chi connectivity index (χ1) is 9.04. The van der Waals surface area contributed by atoms with Gasteiger partial charge in [-0.25, -0.2) is 0 Å². The lowest BCUT2D eigenvalue weighted by molar-refractivity contribution is -0.120. The van der Waals surface area contributed by atoms with Crippen LogP contribution in [0.15, 0.2) is 18.2 Å². The van der Waals surface area contributed by atoms with Crippen molar-refractivity contribution >= 4 is 35.0 Å². The maximum atomic E-state index is 11.8. The van der Waals surface area contributed by atoms with Crippen molar-refractivity contribution in [2.45, 2.75) is 6.42 Å². The van der Waals surface area contributed by atoms with Crippen LogP contribution in [0.5, 0.6) is 0 Å². The molecule has 0 radical (unpaired) electrons. The van der Waals surface area contributed by atoms with Crippen LogP contribution in [0, 0.1) is 11.3 Å². The van der Waals surface area contributed by atoms with Crippen LogP contribution in [-0.2, 0) is 4.79 Å². The Kier molecular flexibility index (Phi) is 6.13. The molecule has 0 aliphatic rings. The second-order valence-electron chi connectivity index (χ2n) is 3.56. The summed E-state index contributed by atoms with van der Waals surface area (Å²) in [7, 11) is 0. The Morgan fingerprint density at radius 3 is 2.58 bits per heavy atom. The molecule has 0 unspecified atom stereocenters. The normalized spacial score (nSPS) is 9.53. The summed E-state index contributed by atoms with van der Waals surface area (Å²) in [5.41, 5.74) is 0.275. The number of nitrogens with zero attached hydrogens (tertiary/aromatic N) is 1. The van der Waals surface area contributed by atoms with Crippen molar-refractivity contribution in [1.29, 1.82) is 5.26 Å². The highest BCUT2D eigenvalue weighted by Crippen LogP contribution is 2.20. The number of amides is 2. The van der Waals surface area contributed by atoms with Gasteiger partial charge in [-0.3, -0.25) is 9.59 Å². The van der Waals surface area contributed by atoms with Crippen molar-refractivity contribution < 1.29 is 9.59 Å². The number of carbonyl (C=O) groups is 2. The fraction of sp³-hybridized carbons (Fsp3) is 0.250. The van der Waals surface area contributed by atoms with Gasteiger partial charge >= 0.3 is 0 Å². The molecule has 19 heavy (non-hydrogen) atoms. The summed E-state index contributed by atoms with van der Waals surface area (Å²) in [5.74, 6) is -0.750. The molecule has 1 rings (SSSR count). The molecule has 0 fully saturated rings. The van der Waals surface area contributed by atoms with Gasteiger partial charge in [-0.15, -0.1) is 0 Å². The van der Waals surface area contributed by atoms with E-state index in [-0.39, 0.29) is 36.9 Å². The minimum absolute atomic E-state index is 0.200. The maximum absolute atomic E-state index is 11.8. The zero-order valence-corrected chi connectivity index (χ0v) is 11.4. The molecule has 5 nitrogen and oxygen atoms in total. The smallest absolute Gasteiger partial charge is 0.252 e. The van der Waals surface area contributed by atoms with Gasteiger partial charge in [0.15, 0.2) is 0 Å². The third-order valence-electron chi connectivity index (χ3n) is 2.15. The summed E-state index contributed by atoms with van der Waals surface area (Å²) in [6.07, 6.45) is -0.200. The molecule has 0 saturated carbocycles. The van der Waals surface area contributed by atoms with Crippen LogP contribution in [0.1, 0.15) is 16.8 Å². The number of hydrogen-bond acceptors (Lipinski definition) is 3. The van der Waals surface area contributed by atoms with Crippen molar-refractivity contribution in [3.8, 4) is 6.07 Å². The first-order valence-electron chi connectivity index (χ1n) is 5.41. The molecule has 7 heteroatoms. The molecule has 0 aliphatic carbocycles. The first kappa shape index (κ1) is 15.3. The van der Waals surface area contributed by atoms with Crippen LogP contribution < -0.4 is 10.6 Å². The number of carbonyl (C=O) groups excluding carboxylic acids is 2. The fourth-order valence-corrected chi connectivity index (χ4v) is 1.65. The third kappa shape index (κ3) is 5.16. The monoisotopic (exact) mass is 299 g/mol. The maximum Gasteiger partial charge on any atom is 0.252 e. The first-order valence-corrected chi connectivity index (χ1v) is 6.17. The quantitative estimate of drug-likeness (QED) is 0.813. The van der Waals surface area contributed by atoms with Gasteiger partial charge in [0.1, 0.15) is 6.42 Å². The van der Waals surface area contributed by atoms with Crippen LogP contribution >= 0.6 is 23.2 Å². The highest BCUT2D eigenvalue weighted by atomic mass is 35.5. The van der Waals surface area contributed by atoms with E-state index in [2.05, 4.69) is 10.6 Å². The molecule has 2 amide bonds. The largest absolute Gasteiger partial charge is 0.353 e. The van der Waals surface area contributed by atoms with E-state index in [0.717, 1.165) is 0 Å². The van der Waals surface area contributed by atoms with Crippen molar-refractivity contribution in [2.24, 2.45) is 0 Å². The highest BCUT2D eigenvalue weighted by Gasteiger charge is 2.10. The van der Waals surface area contributed by atoms with Crippen LogP contribution in [-0.4, -0.2) is 24.9 Å². The van der Waals surface area contributed by atoms with E-state index in [9.17, 15) is 9.59 Å². The topological polar surface area (TPSA) is 82.0 Å². The van der Waals surface area contributed by atoms with E-state index in [0.29, 0.717) is 10.0 Å². The lowest BCUT2D eigenvalue weighted by Crippen LogP contribution is -2.34. The zero-order chi connectivity index (χ0) is 14.3. The van der Waals surface area contributed by atoms with Crippen molar-refractivity contribution in [2.75, 3.05) is 13.1 Å².